The van der Waals surface area contributed by atoms with Crippen molar-refractivity contribution in [1.82, 2.24) is 0 Å². The molecule has 0 radical (unpaired) electrons. The van der Waals surface area contributed by atoms with Gasteiger partial charge >= 0.3 is 5.97 Å². The van der Waals surface area contributed by atoms with Gasteiger partial charge in [0.05, 0.1) is 5.02 Å². The van der Waals surface area contributed by atoms with Gasteiger partial charge in [0.2, 0.25) is 0 Å². The highest BCUT2D eigenvalue weighted by Crippen LogP contribution is 2.35. The van der Waals surface area contributed by atoms with Crippen LogP contribution in [-0.4, -0.2) is 11.1 Å². The van der Waals surface area contributed by atoms with Crippen molar-refractivity contribution in [2.75, 3.05) is 0 Å². The fourth-order valence-corrected chi connectivity index (χ4v) is 2.31. The van der Waals surface area contributed by atoms with E-state index in [0.29, 0.717) is 5.75 Å². The van der Waals surface area contributed by atoms with E-state index in [0.717, 1.165) is 15.6 Å². The van der Waals surface area contributed by atoms with Gasteiger partial charge in [-0.05, 0) is 49.2 Å². The number of carboxylic acid groups (broad SMARTS) is 1. The lowest BCUT2D eigenvalue weighted by Gasteiger charge is -2.12. The van der Waals surface area contributed by atoms with Gasteiger partial charge in [-0.15, -0.1) is 0 Å². The summed E-state index contributed by atoms with van der Waals surface area (Å²) in [6.45, 7) is 3.88. The third-order valence-electron chi connectivity index (χ3n) is 2.83. The van der Waals surface area contributed by atoms with Crippen LogP contribution >= 0.6 is 27.5 Å². The molecule has 0 bridgehead atoms. The quantitative estimate of drug-likeness (QED) is 0.822. The van der Waals surface area contributed by atoms with Gasteiger partial charge in [0, 0.05) is 4.47 Å². The van der Waals surface area contributed by atoms with E-state index in [2.05, 4.69) is 15.9 Å². The van der Waals surface area contributed by atoms with E-state index in [1.54, 1.807) is 12.1 Å². The van der Waals surface area contributed by atoms with Crippen LogP contribution in [0.2, 0.25) is 5.02 Å². The van der Waals surface area contributed by atoms with Crippen molar-refractivity contribution in [2.24, 2.45) is 0 Å². The highest BCUT2D eigenvalue weighted by atomic mass is 79.9. The Kier molecular flexibility index (Phi) is 4.35. The number of ether oxygens (including phenoxy) is 1. The van der Waals surface area contributed by atoms with Gasteiger partial charge in [0.25, 0.3) is 0 Å². The van der Waals surface area contributed by atoms with Gasteiger partial charge in [-0.3, -0.25) is 0 Å². The lowest BCUT2D eigenvalue weighted by molar-refractivity contribution is 0.0694. The van der Waals surface area contributed by atoms with Gasteiger partial charge < -0.3 is 9.84 Å². The van der Waals surface area contributed by atoms with Crippen LogP contribution in [0.3, 0.4) is 0 Å². The first-order chi connectivity index (χ1) is 9.40. The minimum atomic E-state index is -1.08. The molecule has 0 aliphatic carbocycles. The Balaban J connectivity index is 2.47. The first-order valence-corrected chi connectivity index (χ1v) is 7.03. The largest absolute Gasteiger partial charge is 0.478 e. The van der Waals surface area contributed by atoms with E-state index in [1.807, 2.05) is 26.0 Å². The lowest BCUT2D eigenvalue weighted by Crippen LogP contribution is -2.00. The normalized spacial score (nSPS) is 10.4. The summed E-state index contributed by atoms with van der Waals surface area (Å²) < 4.78 is 6.69. The van der Waals surface area contributed by atoms with E-state index in [9.17, 15) is 9.90 Å². The molecule has 0 aliphatic rings. The topological polar surface area (TPSA) is 46.5 Å². The van der Waals surface area contributed by atoms with Crippen molar-refractivity contribution in [3.63, 3.8) is 0 Å². The Morgan fingerprint density at radius 1 is 1.25 bits per heavy atom. The molecule has 0 amide bonds. The van der Waals surface area contributed by atoms with Crippen LogP contribution in [0.1, 0.15) is 21.5 Å². The van der Waals surface area contributed by atoms with Crippen LogP contribution in [-0.2, 0) is 0 Å². The van der Waals surface area contributed by atoms with Crippen LogP contribution < -0.4 is 4.74 Å². The molecule has 2 rings (SSSR count). The molecule has 0 saturated heterocycles. The molecule has 1 N–H and O–H groups in total. The van der Waals surface area contributed by atoms with Crippen LogP contribution in [0, 0.1) is 13.8 Å². The maximum atomic E-state index is 11.2. The molecule has 0 aliphatic heterocycles. The Morgan fingerprint density at radius 2 is 1.85 bits per heavy atom. The number of aromatic carboxylic acids is 1. The van der Waals surface area contributed by atoms with Gasteiger partial charge in [0.1, 0.15) is 11.3 Å². The average Bonchev–Trinajstić information content (AvgIpc) is 2.38. The highest BCUT2D eigenvalue weighted by molar-refractivity contribution is 9.10. The summed E-state index contributed by atoms with van der Waals surface area (Å²) >= 11 is 9.51. The number of para-hydroxylation sites is 1. The third-order valence-corrected chi connectivity index (χ3v) is 4.38. The Hall–Kier alpha value is -1.52. The predicted octanol–water partition coefficient (Wildman–Crippen LogP) is 5.21. The van der Waals surface area contributed by atoms with Crippen molar-refractivity contribution >= 4 is 33.5 Å². The number of rotatable bonds is 3. The van der Waals surface area contributed by atoms with Crippen molar-refractivity contribution in [1.29, 1.82) is 0 Å². The van der Waals surface area contributed by atoms with Gasteiger partial charge in [-0.25, -0.2) is 4.79 Å². The highest BCUT2D eigenvalue weighted by Gasteiger charge is 2.16. The third kappa shape index (κ3) is 2.97. The molecular weight excluding hydrogens is 344 g/mol. The van der Waals surface area contributed by atoms with E-state index in [-0.39, 0.29) is 16.3 Å². The molecule has 2 aromatic rings. The summed E-state index contributed by atoms with van der Waals surface area (Å²) in [6.07, 6.45) is 0. The van der Waals surface area contributed by atoms with E-state index in [1.165, 1.54) is 6.07 Å². The molecule has 20 heavy (non-hydrogen) atoms. The second-order valence-electron chi connectivity index (χ2n) is 4.39. The summed E-state index contributed by atoms with van der Waals surface area (Å²) in [5.41, 5.74) is 2.04. The zero-order valence-corrected chi connectivity index (χ0v) is 13.2. The summed E-state index contributed by atoms with van der Waals surface area (Å²) in [5.74, 6) is -0.366. The summed E-state index contributed by atoms with van der Waals surface area (Å²) in [4.78, 5) is 11.2. The summed E-state index contributed by atoms with van der Waals surface area (Å²) in [7, 11) is 0. The van der Waals surface area contributed by atoms with Crippen LogP contribution in [0.5, 0.6) is 11.5 Å². The first kappa shape index (κ1) is 14.9. The van der Waals surface area contributed by atoms with Gasteiger partial charge in [-0.1, -0.05) is 33.6 Å². The number of carbonyl (C=O) groups is 1. The number of hydrogen-bond acceptors (Lipinski definition) is 2. The molecule has 5 heteroatoms. The molecule has 104 valence electrons. The predicted molar refractivity (Wildman–Crippen MR) is 82.1 cm³/mol. The Morgan fingerprint density at radius 3 is 2.40 bits per heavy atom. The average molecular weight is 356 g/mol. The molecule has 0 saturated carbocycles. The minimum absolute atomic E-state index is 0.0377. The first-order valence-electron chi connectivity index (χ1n) is 5.86. The maximum Gasteiger partial charge on any atom is 0.339 e. The van der Waals surface area contributed by atoms with Gasteiger partial charge in [0.15, 0.2) is 5.75 Å². The number of halogens is 2. The number of benzene rings is 2. The number of carboxylic acids is 1. The Labute approximate surface area is 130 Å². The zero-order chi connectivity index (χ0) is 14.9. The van der Waals surface area contributed by atoms with Crippen molar-refractivity contribution in [3.05, 3.63) is 56.5 Å². The van der Waals surface area contributed by atoms with Crippen LogP contribution in [0.25, 0.3) is 0 Å². The summed E-state index contributed by atoms with van der Waals surface area (Å²) in [5, 5.41) is 9.44. The number of hydrogen-bond donors (Lipinski definition) is 1. The molecule has 0 unspecified atom stereocenters. The Bertz CT molecular complexity index is 660. The van der Waals surface area contributed by atoms with E-state index >= 15 is 0 Å². The molecule has 2 aromatic carbocycles. The summed E-state index contributed by atoms with van der Waals surface area (Å²) in [6, 6.07) is 8.29. The molecular formula is C15H12BrClO3. The fourth-order valence-electron chi connectivity index (χ4n) is 1.86. The molecule has 0 aromatic heterocycles. The van der Waals surface area contributed by atoms with Crippen molar-refractivity contribution in [2.45, 2.75) is 13.8 Å². The second kappa shape index (κ2) is 5.85. The van der Waals surface area contributed by atoms with Crippen LogP contribution in [0.4, 0.5) is 0 Å². The van der Waals surface area contributed by atoms with Gasteiger partial charge in [-0.2, -0.15) is 0 Å². The molecule has 0 atom stereocenters. The SMILES string of the molecule is Cc1cc(Oc2c(Cl)cccc2C(=O)O)cc(C)c1Br. The maximum absolute atomic E-state index is 11.2. The van der Waals surface area contributed by atoms with Crippen LogP contribution in [0.15, 0.2) is 34.8 Å². The van der Waals surface area contributed by atoms with E-state index in [4.69, 9.17) is 16.3 Å². The molecule has 0 spiro atoms. The second-order valence-corrected chi connectivity index (χ2v) is 5.59. The molecule has 3 nitrogen and oxygen atoms in total. The van der Waals surface area contributed by atoms with Crippen molar-refractivity contribution < 1.29 is 14.6 Å². The smallest absolute Gasteiger partial charge is 0.339 e. The van der Waals surface area contributed by atoms with Crippen molar-refractivity contribution in [3.8, 4) is 11.5 Å². The molecule has 0 heterocycles. The fraction of sp³-hybridized carbons (Fsp3) is 0.133. The molecule has 0 fully saturated rings. The van der Waals surface area contributed by atoms with E-state index < -0.39 is 5.97 Å². The standard InChI is InChI=1S/C15H12BrClO3/c1-8-6-10(7-9(2)13(8)16)20-14-11(15(18)19)4-3-5-12(14)17/h3-7H,1-2H3,(H,18,19). The number of aryl methyl sites for hydroxylation is 2. The zero-order valence-electron chi connectivity index (χ0n) is 10.9. The minimum Gasteiger partial charge on any atom is -0.478 e. The monoisotopic (exact) mass is 354 g/mol. The lowest BCUT2D eigenvalue weighted by atomic mass is 10.1.